The van der Waals surface area contributed by atoms with Crippen molar-refractivity contribution in [1.29, 1.82) is 0 Å². The van der Waals surface area contributed by atoms with E-state index in [-0.39, 0.29) is 11.9 Å². The smallest absolute Gasteiger partial charge is 0.316 e. The molecule has 0 aliphatic heterocycles. The van der Waals surface area contributed by atoms with Crippen LogP contribution in [0.3, 0.4) is 0 Å². The predicted octanol–water partition coefficient (Wildman–Crippen LogP) is 3.34. The van der Waals surface area contributed by atoms with Crippen LogP contribution in [0, 0.1) is 0 Å². The molecule has 3 aromatic rings. The van der Waals surface area contributed by atoms with Crippen LogP contribution < -0.4 is 14.8 Å². The van der Waals surface area contributed by atoms with Crippen molar-refractivity contribution in [3.05, 3.63) is 60.6 Å². The molecule has 136 valence electrons. The van der Waals surface area contributed by atoms with Crippen LogP contribution >= 0.6 is 0 Å². The molecule has 1 N–H and O–H groups in total. The third-order valence-corrected chi connectivity index (χ3v) is 4.07. The summed E-state index contributed by atoms with van der Waals surface area (Å²) in [5.41, 5.74) is 2.29. The van der Waals surface area contributed by atoms with Gasteiger partial charge >= 0.3 is 6.01 Å². The van der Waals surface area contributed by atoms with E-state index in [1.165, 1.54) is 19.5 Å². The number of anilines is 1. The number of hydrogen-bond donors (Lipinski definition) is 1. The molecular weight excluding hydrogens is 344 g/mol. The van der Waals surface area contributed by atoms with Gasteiger partial charge in [-0.05, 0) is 42.7 Å². The highest BCUT2D eigenvalue weighted by atomic mass is 16.5. The monoisotopic (exact) mass is 362 g/mol. The standard InChI is InChI=1S/C20H18N4O3/c1-26-20-22-11-15(12-23-20)19(25)24-18-8-5-14(10-21-18)13-3-2-4-17(9-13)27-16-6-7-16/h2-5,8-12,16H,6-7H2,1H3,(H,21,24,25). The minimum absolute atomic E-state index is 0.210. The molecule has 1 amide bonds. The molecule has 27 heavy (non-hydrogen) atoms. The zero-order chi connectivity index (χ0) is 18.6. The van der Waals surface area contributed by atoms with Crippen molar-refractivity contribution in [3.63, 3.8) is 0 Å². The Morgan fingerprint density at radius 2 is 1.85 bits per heavy atom. The van der Waals surface area contributed by atoms with E-state index in [9.17, 15) is 4.79 Å². The average Bonchev–Trinajstić information content (AvgIpc) is 3.53. The first kappa shape index (κ1) is 17.0. The van der Waals surface area contributed by atoms with Crippen LogP contribution in [-0.2, 0) is 0 Å². The zero-order valence-electron chi connectivity index (χ0n) is 14.8. The largest absolute Gasteiger partial charge is 0.490 e. The van der Waals surface area contributed by atoms with Gasteiger partial charge in [-0.15, -0.1) is 0 Å². The number of pyridine rings is 1. The van der Waals surface area contributed by atoms with Gasteiger partial charge in [0.05, 0.1) is 18.8 Å². The fourth-order valence-electron chi connectivity index (χ4n) is 2.49. The number of amides is 1. The maximum absolute atomic E-state index is 12.2. The molecule has 2 heterocycles. The Morgan fingerprint density at radius 3 is 2.52 bits per heavy atom. The Balaban J connectivity index is 1.44. The molecule has 0 saturated heterocycles. The summed E-state index contributed by atoms with van der Waals surface area (Å²) in [6.45, 7) is 0. The molecule has 2 aromatic heterocycles. The Hall–Kier alpha value is -3.48. The fourth-order valence-corrected chi connectivity index (χ4v) is 2.49. The first-order chi connectivity index (χ1) is 13.2. The van der Waals surface area contributed by atoms with Crippen molar-refractivity contribution in [2.45, 2.75) is 18.9 Å². The average molecular weight is 362 g/mol. The topological polar surface area (TPSA) is 86.2 Å². The summed E-state index contributed by atoms with van der Waals surface area (Å²) in [6, 6.07) is 11.8. The van der Waals surface area contributed by atoms with E-state index in [0.29, 0.717) is 17.5 Å². The van der Waals surface area contributed by atoms with Gasteiger partial charge in [0.15, 0.2) is 0 Å². The second kappa shape index (κ2) is 7.41. The Labute approximate surface area is 156 Å². The van der Waals surface area contributed by atoms with Gasteiger partial charge in [-0.25, -0.2) is 15.0 Å². The van der Waals surface area contributed by atoms with Gasteiger partial charge in [-0.3, -0.25) is 4.79 Å². The SMILES string of the molecule is COc1ncc(C(=O)Nc2ccc(-c3cccc(OC4CC4)c3)cn2)cn1. The molecule has 7 heteroatoms. The maximum Gasteiger partial charge on any atom is 0.316 e. The first-order valence-electron chi connectivity index (χ1n) is 8.62. The molecule has 1 aromatic carbocycles. The predicted molar refractivity (Wildman–Crippen MR) is 99.9 cm³/mol. The molecule has 0 bridgehead atoms. The van der Waals surface area contributed by atoms with Crippen LogP contribution in [0.25, 0.3) is 11.1 Å². The highest BCUT2D eigenvalue weighted by Gasteiger charge is 2.23. The zero-order valence-corrected chi connectivity index (χ0v) is 14.8. The van der Waals surface area contributed by atoms with Crippen molar-refractivity contribution in [2.24, 2.45) is 0 Å². The molecule has 7 nitrogen and oxygen atoms in total. The second-order valence-electron chi connectivity index (χ2n) is 6.19. The molecule has 0 spiro atoms. The third-order valence-electron chi connectivity index (χ3n) is 4.07. The van der Waals surface area contributed by atoms with Crippen LogP contribution in [0.1, 0.15) is 23.2 Å². The summed E-state index contributed by atoms with van der Waals surface area (Å²) in [5, 5.41) is 2.72. The lowest BCUT2D eigenvalue weighted by Crippen LogP contribution is -2.13. The van der Waals surface area contributed by atoms with Crippen molar-refractivity contribution in [2.75, 3.05) is 12.4 Å². The summed E-state index contributed by atoms with van der Waals surface area (Å²) in [7, 11) is 1.47. The Morgan fingerprint density at radius 1 is 1.04 bits per heavy atom. The summed E-state index contributed by atoms with van der Waals surface area (Å²) in [6.07, 6.45) is 7.13. The van der Waals surface area contributed by atoms with E-state index in [1.807, 2.05) is 30.3 Å². The number of nitrogens with zero attached hydrogens (tertiary/aromatic N) is 3. The molecule has 1 aliphatic rings. The second-order valence-corrected chi connectivity index (χ2v) is 6.19. The molecular formula is C20H18N4O3. The molecule has 4 rings (SSSR count). The van der Waals surface area contributed by atoms with Gasteiger partial charge < -0.3 is 14.8 Å². The Bertz CT molecular complexity index is 938. The van der Waals surface area contributed by atoms with Crippen molar-refractivity contribution >= 4 is 11.7 Å². The van der Waals surface area contributed by atoms with E-state index < -0.39 is 0 Å². The minimum Gasteiger partial charge on any atom is -0.490 e. The number of aromatic nitrogens is 3. The van der Waals surface area contributed by atoms with Crippen LogP contribution in [0.5, 0.6) is 11.8 Å². The number of benzene rings is 1. The molecule has 0 atom stereocenters. The molecule has 1 fully saturated rings. The first-order valence-corrected chi connectivity index (χ1v) is 8.62. The number of ether oxygens (including phenoxy) is 2. The third kappa shape index (κ3) is 4.20. The number of methoxy groups -OCH3 is 1. The van der Waals surface area contributed by atoms with Crippen molar-refractivity contribution in [3.8, 4) is 22.9 Å². The number of rotatable bonds is 6. The van der Waals surface area contributed by atoms with Crippen molar-refractivity contribution < 1.29 is 14.3 Å². The summed E-state index contributed by atoms with van der Waals surface area (Å²) in [5.74, 6) is 0.981. The molecule has 0 radical (unpaired) electrons. The molecule has 1 aliphatic carbocycles. The van der Waals surface area contributed by atoms with Crippen LogP contribution in [0.2, 0.25) is 0 Å². The summed E-state index contributed by atoms with van der Waals surface area (Å²) in [4.78, 5) is 24.4. The van der Waals surface area contributed by atoms with Crippen molar-refractivity contribution in [1.82, 2.24) is 15.0 Å². The maximum atomic E-state index is 12.2. The number of carbonyl (C=O) groups is 1. The van der Waals surface area contributed by atoms with E-state index >= 15 is 0 Å². The molecule has 0 unspecified atom stereocenters. The van der Waals surface area contributed by atoms with Gasteiger partial charge in [-0.2, -0.15) is 0 Å². The fraction of sp³-hybridized carbons (Fsp3) is 0.200. The van der Waals surface area contributed by atoms with Gasteiger partial charge in [0.25, 0.3) is 5.91 Å². The van der Waals surface area contributed by atoms with Gasteiger partial charge in [0, 0.05) is 24.2 Å². The van der Waals surface area contributed by atoms with Gasteiger partial charge in [0.1, 0.15) is 11.6 Å². The lowest BCUT2D eigenvalue weighted by Gasteiger charge is -2.08. The number of nitrogens with one attached hydrogen (secondary N) is 1. The quantitative estimate of drug-likeness (QED) is 0.724. The normalized spacial score (nSPS) is 13.1. The van der Waals surface area contributed by atoms with E-state index in [4.69, 9.17) is 9.47 Å². The van der Waals surface area contributed by atoms with E-state index in [1.54, 1.807) is 12.3 Å². The Kier molecular flexibility index (Phi) is 4.65. The number of hydrogen-bond acceptors (Lipinski definition) is 6. The lowest BCUT2D eigenvalue weighted by atomic mass is 10.1. The van der Waals surface area contributed by atoms with Gasteiger partial charge in [-0.1, -0.05) is 12.1 Å². The van der Waals surface area contributed by atoms with Crippen LogP contribution in [0.15, 0.2) is 55.0 Å². The summed E-state index contributed by atoms with van der Waals surface area (Å²) >= 11 is 0. The van der Waals surface area contributed by atoms with E-state index in [0.717, 1.165) is 29.7 Å². The van der Waals surface area contributed by atoms with Crippen LogP contribution in [-0.4, -0.2) is 34.1 Å². The van der Waals surface area contributed by atoms with Gasteiger partial charge in [0.2, 0.25) is 0 Å². The summed E-state index contributed by atoms with van der Waals surface area (Å²) < 4.78 is 10.7. The molecule has 1 saturated carbocycles. The number of carbonyl (C=O) groups excluding carboxylic acids is 1. The highest BCUT2D eigenvalue weighted by Crippen LogP contribution is 2.29. The highest BCUT2D eigenvalue weighted by molar-refractivity contribution is 6.03. The van der Waals surface area contributed by atoms with Crippen LogP contribution in [0.4, 0.5) is 5.82 Å². The minimum atomic E-state index is -0.335. The lowest BCUT2D eigenvalue weighted by molar-refractivity contribution is 0.102. The van der Waals surface area contributed by atoms with E-state index in [2.05, 4.69) is 20.3 Å².